The fourth-order valence-electron chi connectivity index (χ4n) is 2.14. The third kappa shape index (κ3) is 1.53. The predicted octanol–water partition coefficient (Wildman–Crippen LogP) is 2.55. The molecule has 0 bridgehead atoms. The van der Waals surface area contributed by atoms with Gasteiger partial charge in [0, 0.05) is 24.7 Å². The smallest absolute Gasteiger partial charge is 0.137 e. The van der Waals surface area contributed by atoms with Crippen LogP contribution in [-0.2, 0) is 0 Å². The molecule has 0 atom stereocenters. The summed E-state index contributed by atoms with van der Waals surface area (Å²) in [7, 11) is 2.14. The number of furan rings is 1. The third-order valence-electron chi connectivity index (χ3n) is 3.10. The van der Waals surface area contributed by atoms with E-state index in [0.29, 0.717) is 0 Å². The molecule has 0 saturated carbocycles. The lowest BCUT2D eigenvalue weighted by molar-refractivity contribution is 0.370. The number of hydrogen-bond donors (Lipinski definition) is 0. The lowest BCUT2D eigenvalue weighted by Gasteiger charge is -2.21. The third-order valence-corrected chi connectivity index (χ3v) is 3.10. The van der Waals surface area contributed by atoms with Gasteiger partial charge in [0.05, 0.1) is 12.0 Å². The van der Waals surface area contributed by atoms with Gasteiger partial charge in [-0.1, -0.05) is 6.08 Å². The van der Waals surface area contributed by atoms with Crippen LogP contribution in [0.3, 0.4) is 0 Å². The Morgan fingerprint density at radius 3 is 3.12 bits per heavy atom. The molecule has 0 spiro atoms. The van der Waals surface area contributed by atoms with E-state index < -0.39 is 0 Å². The molecule has 0 aliphatic carbocycles. The van der Waals surface area contributed by atoms with E-state index in [9.17, 15) is 0 Å². The summed E-state index contributed by atoms with van der Waals surface area (Å²) >= 11 is 0. The van der Waals surface area contributed by atoms with Crippen LogP contribution in [0.2, 0.25) is 0 Å². The molecule has 3 rings (SSSR count). The second-order valence-corrected chi connectivity index (χ2v) is 4.23. The monoisotopic (exact) mass is 214 g/mol. The minimum Gasteiger partial charge on any atom is -0.464 e. The van der Waals surface area contributed by atoms with Crippen molar-refractivity contribution < 1.29 is 4.42 Å². The lowest BCUT2D eigenvalue weighted by atomic mass is 10.0. The molecule has 0 fully saturated rings. The molecule has 3 heteroatoms. The van der Waals surface area contributed by atoms with Crippen LogP contribution in [0.15, 0.2) is 35.1 Å². The Morgan fingerprint density at radius 1 is 1.38 bits per heavy atom. The summed E-state index contributed by atoms with van der Waals surface area (Å²) in [6.07, 6.45) is 6.87. The standard InChI is InChI=1S/C13H14N2O/c1-15-7-3-10(4-8-15)13-11-5-9-16-12(11)2-6-14-13/h2-3,5-6,9H,4,7-8H2,1H3. The van der Waals surface area contributed by atoms with Crippen LogP contribution in [0, 0.1) is 0 Å². The van der Waals surface area contributed by atoms with E-state index in [1.165, 1.54) is 5.57 Å². The molecule has 16 heavy (non-hydrogen) atoms. The summed E-state index contributed by atoms with van der Waals surface area (Å²) in [5, 5.41) is 1.12. The summed E-state index contributed by atoms with van der Waals surface area (Å²) in [5.74, 6) is 0. The van der Waals surface area contributed by atoms with Crippen molar-refractivity contribution in [3.63, 3.8) is 0 Å². The van der Waals surface area contributed by atoms with Crippen molar-refractivity contribution >= 4 is 16.5 Å². The maximum Gasteiger partial charge on any atom is 0.137 e. The topological polar surface area (TPSA) is 29.3 Å². The zero-order chi connectivity index (χ0) is 11.0. The van der Waals surface area contributed by atoms with E-state index in [2.05, 4.69) is 23.0 Å². The van der Waals surface area contributed by atoms with E-state index in [1.807, 2.05) is 18.3 Å². The molecular formula is C13H14N2O. The first-order valence-electron chi connectivity index (χ1n) is 5.55. The van der Waals surface area contributed by atoms with E-state index in [1.54, 1.807) is 6.26 Å². The van der Waals surface area contributed by atoms with E-state index in [4.69, 9.17) is 4.42 Å². The number of pyridine rings is 1. The van der Waals surface area contributed by atoms with Gasteiger partial charge in [-0.3, -0.25) is 4.98 Å². The fraction of sp³-hybridized carbons (Fsp3) is 0.308. The van der Waals surface area contributed by atoms with Gasteiger partial charge >= 0.3 is 0 Å². The fourth-order valence-corrected chi connectivity index (χ4v) is 2.14. The molecule has 0 unspecified atom stereocenters. The molecule has 82 valence electrons. The van der Waals surface area contributed by atoms with Crippen LogP contribution in [0.1, 0.15) is 12.1 Å². The van der Waals surface area contributed by atoms with E-state index >= 15 is 0 Å². The number of fused-ring (bicyclic) bond motifs is 1. The van der Waals surface area contributed by atoms with Gasteiger partial charge in [0.15, 0.2) is 0 Å². The maximum absolute atomic E-state index is 5.39. The van der Waals surface area contributed by atoms with Gasteiger partial charge in [0.25, 0.3) is 0 Å². The van der Waals surface area contributed by atoms with Gasteiger partial charge in [0.1, 0.15) is 5.58 Å². The van der Waals surface area contributed by atoms with E-state index in [0.717, 1.165) is 36.2 Å². The van der Waals surface area contributed by atoms with Crippen molar-refractivity contribution in [1.29, 1.82) is 0 Å². The lowest BCUT2D eigenvalue weighted by Crippen LogP contribution is -2.23. The number of rotatable bonds is 1. The Labute approximate surface area is 94.4 Å². The van der Waals surface area contributed by atoms with Crippen molar-refractivity contribution in [2.75, 3.05) is 20.1 Å². The largest absolute Gasteiger partial charge is 0.464 e. The Hall–Kier alpha value is -1.61. The van der Waals surface area contributed by atoms with Gasteiger partial charge in [-0.25, -0.2) is 0 Å². The molecule has 2 aromatic rings. The zero-order valence-corrected chi connectivity index (χ0v) is 9.31. The minimum absolute atomic E-state index is 0.921. The van der Waals surface area contributed by atoms with Crippen molar-refractivity contribution in [1.82, 2.24) is 9.88 Å². The highest BCUT2D eigenvalue weighted by molar-refractivity contribution is 5.89. The summed E-state index contributed by atoms with van der Waals surface area (Å²) in [4.78, 5) is 6.79. The van der Waals surface area contributed by atoms with Crippen molar-refractivity contribution in [2.24, 2.45) is 0 Å². The quantitative estimate of drug-likeness (QED) is 0.730. The number of nitrogens with zero attached hydrogens (tertiary/aromatic N) is 2. The normalized spacial score (nSPS) is 17.7. The van der Waals surface area contributed by atoms with Gasteiger partial charge in [-0.05, 0) is 31.2 Å². The Bertz CT molecular complexity index is 542. The molecule has 0 radical (unpaired) electrons. The summed E-state index contributed by atoms with van der Waals surface area (Å²) in [6, 6.07) is 3.91. The number of likely N-dealkylation sites (N-methyl/N-ethyl adjacent to an activating group) is 1. The van der Waals surface area contributed by atoms with Crippen LogP contribution >= 0.6 is 0 Å². The van der Waals surface area contributed by atoms with Crippen molar-refractivity contribution in [3.05, 3.63) is 36.4 Å². The van der Waals surface area contributed by atoms with Gasteiger partial charge in [0.2, 0.25) is 0 Å². The van der Waals surface area contributed by atoms with Crippen LogP contribution in [-0.4, -0.2) is 30.0 Å². The zero-order valence-electron chi connectivity index (χ0n) is 9.31. The highest BCUT2D eigenvalue weighted by atomic mass is 16.3. The van der Waals surface area contributed by atoms with Crippen LogP contribution in [0.4, 0.5) is 0 Å². The van der Waals surface area contributed by atoms with Crippen molar-refractivity contribution in [3.8, 4) is 0 Å². The Morgan fingerprint density at radius 2 is 2.31 bits per heavy atom. The molecule has 1 aliphatic heterocycles. The van der Waals surface area contributed by atoms with Crippen LogP contribution in [0.25, 0.3) is 16.5 Å². The average molecular weight is 214 g/mol. The van der Waals surface area contributed by atoms with Gasteiger partial charge in [-0.15, -0.1) is 0 Å². The van der Waals surface area contributed by atoms with Gasteiger partial charge < -0.3 is 9.32 Å². The maximum atomic E-state index is 5.39. The predicted molar refractivity (Wildman–Crippen MR) is 64.1 cm³/mol. The highest BCUT2D eigenvalue weighted by Crippen LogP contribution is 2.27. The molecule has 0 aromatic carbocycles. The molecule has 0 amide bonds. The first-order valence-corrected chi connectivity index (χ1v) is 5.55. The average Bonchev–Trinajstić information content (AvgIpc) is 2.78. The molecule has 3 heterocycles. The highest BCUT2D eigenvalue weighted by Gasteiger charge is 2.13. The minimum atomic E-state index is 0.921. The van der Waals surface area contributed by atoms with Crippen LogP contribution in [0.5, 0.6) is 0 Å². The summed E-state index contributed by atoms with van der Waals surface area (Å²) in [5.41, 5.74) is 3.34. The number of aromatic nitrogens is 1. The van der Waals surface area contributed by atoms with Gasteiger partial charge in [-0.2, -0.15) is 0 Å². The summed E-state index contributed by atoms with van der Waals surface area (Å²) in [6.45, 7) is 2.10. The first kappa shape index (κ1) is 9.60. The molecule has 0 N–H and O–H groups in total. The second kappa shape index (κ2) is 3.76. The molecule has 0 saturated heterocycles. The molecule has 3 nitrogen and oxygen atoms in total. The van der Waals surface area contributed by atoms with Crippen molar-refractivity contribution in [2.45, 2.75) is 6.42 Å². The molecule has 1 aliphatic rings. The molecular weight excluding hydrogens is 200 g/mol. The second-order valence-electron chi connectivity index (χ2n) is 4.23. The Balaban J connectivity index is 2.09. The number of hydrogen-bond acceptors (Lipinski definition) is 3. The first-order chi connectivity index (χ1) is 7.84. The van der Waals surface area contributed by atoms with Crippen LogP contribution < -0.4 is 0 Å². The SMILES string of the molecule is CN1CC=C(c2nccc3occc23)CC1. The Kier molecular flexibility index (Phi) is 2.26. The molecule has 2 aromatic heterocycles. The summed E-state index contributed by atoms with van der Waals surface area (Å²) < 4.78 is 5.39. The van der Waals surface area contributed by atoms with E-state index in [-0.39, 0.29) is 0 Å².